The van der Waals surface area contributed by atoms with Gasteiger partial charge in [-0.2, -0.15) is 0 Å². The van der Waals surface area contributed by atoms with E-state index in [-0.39, 0.29) is 0 Å². The van der Waals surface area contributed by atoms with Gasteiger partial charge in [-0.3, -0.25) is 0 Å². The summed E-state index contributed by atoms with van der Waals surface area (Å²) in [5.41, 5.74) is 2.53. The highest BCUT2D eigenvalue weighted by Gasteiger charge is 2.05. The van der Waals surface area contributed by atoms with Crippen LogP contribution in [0.4, 0.5) is 5.82 Å². The first-order chi connectivity index (χ1) is 8.19. The van der Waals surface area contributed by atoms with Gasteiger partial charge in [-0.25, -0.2) is 4.98 Å². The van der Waals surface area contributed by atoms with Crippen LogP contribution in [-0.4, -0.2) is 25.1 Å². The molecule has 1 heterocycles. The Kier molecular flexibility index (Phi) is 5.98. The van der Waals surface area contributed by atoms with Crippen LogP contribution in [0.25, 0.3) is 0 Å². The molecule has 0 radical (unpaired) electrons. The molecule has 0 aliphatic carbocycles. The Morgan fingerprint density at radius 1 is 1.29 bits per heavy atom. The van der Waals surface area contributed by atoms with E-state index >= 15 is 0 Å². The van der Waals surface area contributed by atoms with Crippen molar-refractivity contribution in [3.8, 4) is 0 Å². The Labute approximate surface area is 105 Å². The van der Waals surface area contributed by atoms with Crippen molar-refractivity contribution in [2.45, 2.75) is 40.2 Å². The van der Waals surface area contributed by atoms with Gasteiger partial charge in [0.25, 0.3) is 0 Å². The fraction of sp³-hybridized carbons (Fsp3) is 0.643. The molecule has 0 saturated heterocycles. The van der Waals surface area contributed by atoms with Gasteiger partial charge in [-0.05, 0) is 43.5 Å². The maximum absolute atomic E-state index is 4.56. The lowest BCUT2D eigenvalue weighted by molar-refractivity contribution is 0.673. The summed E-state index contributed by atoms with van der Waals surface area (Å²) in [4.78, 5) is 6.78. The Bertz CT molecular complexity index is 336. The number of pyridine rings is 1. The second-order valence-corrected chi connectivity index (χ2v) is 4.58. The van der Waals surface area contributed by atoms with Gasteiger partial charge < -0.3 is 10.2 Å². The Balaban J connectivity index is 2.65. The van der Waals surface area contributed by atoms with Crippen molar-refractivity contribution in [1.29, 1.82) is 0 Å². The molecule has 1 rings (SSSR count). The van der Waals surface area contributed by atoms with E-state index in [1.54, 1.807) is 0 Å². The topological polar surface area (TPSA) is 28.2 Å². The van der Waals surface area contributed by atoms with Crippen molar-refractivity contribution in [3.63, 3.8) is 0 Å². The van der Waals surface area contributed by atoms with E-state index < -0.39 is 0 Å². The minimum atomic E-state index is 0.916. The summed E-state index contributed by atoms with van der Waals surface area (Å²) < 4.78 is 0. The summed E-state index contributed by atoms with van der Waals surface area (Å²) >= 11 is 0. The summed E-state index contributed by atoms with van der Waals surface area (Å²) in [7, 11) is 2.10. The molecule has 3 nitrogen and oxygen atoms in total. The van der Waals surface area contributed by atoms with Gasteiger partial charge in [0, 0.05) is 26.3 Å². The van der Waals surface area contributed by atoms with Crippen molar-refractivity contribution < 1.29 is 0 Å². The molecular formula is C14H25N3. The van der Waals surface area contributed by atoms with E-state index in [4.69, 9.17) is 0 Å². The Morgan fingerprint density at radius 2 is 2.06 bits per heavy atom. The third-order valence-corrected chi connectivity index (χ3v) is 2.78. The van der Waals surface area contributed by atoms with Crippen LogP contribution in [0.15, 0.2) is 12.3 Å². The first kappa shape index (κ1) is 14.0. The summed E-state index contributed by atoms with van der Waals surface area (Å²) in [5.74, 6) is 1.10. The molecule has 0 amide bonds. The molecule has 0 aromatic carbocycles. The first-order valence-electron chi connectivity index (χ1n) is 6.56. The van der Waals surface area contributed by atoms with Gasteiger partial charge in [-0.15, -0.1) is 0 Å². The molecule has 0 fully saturated rings. The number of aromatic nitrogens is 1. The fourth-order valence-corrected chi connectivity index (χ4v) is 1.97. The molecule has 0 aliphatic heterocycles. The van der Waals surface area contributed by atoms with Crippen molar-refractivity contribution in [1.82, 2.24) is 10.3 Å². The SMILES string of the molecule is CCCNCc1cnc(N(C)CCC)c(C)c1. The average molecular weight is 235 g/mol. The molecule has 0 unspecified atom stereocenters. The second kappa shape index (κ2) is 7.28. The van der Waals surface area contributed by atoms with Crippen LogP contribution in [0.5, 0.6) is 0 Å². The third kappa shape index (κ3) is 4.35. The lowest BCUT2D eigenvalue weighted by atomic mass is 10.2. The number of aryl methyl sites for hydroxylation is 1. The van der Waals surface area contributed by atoms with Crippen molar-refractivity contribution >= 4 is 5.82 Å². The Morgan fingerprint density at radius 3 is 2.65 bits per heavy atom. The van der Waals surface area contributed by atoms with E-state index in [0.717, 1.165) is 31.9 Å². The highest BCUT2D eigenvalue weighted by Crippen LogP contribution is 2.16. The molecule has 3 heteroatoms. The molecule has 1 aromatic rings. The number of hydrogen-bond acceptors (Lipinski definition) is 3. The van der Waals surface area contributed by atoms with E-state index in [2.05, 4.69) is 49.1 Å². The fourth-order valence-electron chi connectivity index (χ4n) is 1.97. The van der Waals surface area contributed by atoms with Gasteiger partial charge >= 0.3 is 0 Å². The average Bonchev–Trinajstić information content (AvgIpc) is 2.29. The van der Waals surface area contributed by atoms with Crippen LogP contribution >= 0.6 is 0 Å². The molecule has 0 aliphatic rings. The van der Waals surface area contributed by atoms with E-state index in [9.17, 15) is 0 Å². The molecule has 96 valence electrons. The standard InChI is InChI=1S/C14H25N3/c1-5-7-15-10-13-9-12(3)14(16-11-13)17(4)8-6-2/h9,11,15H,5-8,10H2,1-4H3. The van der Waals surface area contributed by atoms with E-state index in [1.807, 2.05) is 6.20 Å². The minimum Gasteiger partial charge on any atom is -0.359 e. The maximum Gasteiger partial charge on any atom is 0.131 e. The molecule has 0 bridgehead atoms. The predicted molar refractivity (Wildman–Crippen MR) is 74.5 cm³/mol. The molecule has 1 N–H and O–H groups in total. The van der Waals surface area contributed by atoms with Crippen molar-refractivity contribution in [3.05, 3.63) is 23.4 Å². The van der Waals surface area contributed by atoms with Crippen LogP contribution < -0.4 is 10.2 Å². The summed E-state index contributed by atoms with van der Waals surface area (Å²) in [5, 5.41) is 3.40. The number of nitrogens with zero attached hydrogens (tertiary/aromatic N) is 2. The zero-order chi connectivity index (χ0) is 12.7. The summed E-state index contributed by atoms with van der Waals surface area (Å²) in [6, 6.07) is 2.23. The zero-order valence-corrected chi connectivity index (χ0v) is 11.6. The molecule has 0 spiro atoms. The smallest absolute Gasteiger partial charge is 0.131 e. The normalized spacial score (nSPS) is 10.6. The van der Waals surface area contributed by atoms with Crippen LogP contribution in [-0.2, 0) is 6.54 Å². The Hall–Kier alpha value is -1.09. The largest absolute Gasteiger partial charge is 0.359 e. The third-order valence-electron chi connectivity index (χ3n) is 2.78. The zero-order valence-electron chi connectivity index (χ0n) is 11.6. The van der Waals surface area contributed by atoms with Crippen LogP contribution in [0.1, 0.15) is 37.8 Å². The lowest BCUT2D eigenvalue weighted by Crippen LogP contribution is -2.20. The molecule has 0 saturated carbocycles. The maximum atomic E-state index is 4.56. The van der Waals surface area contributed by atoms with E-state index in [1.165, 1.54) is 17.5 Å². The lowest BCUT2D eigenvalue weighted by Gasteiger charge is -2.19. The number of rotatable bonds is 7. The highest BCUT2D eigenvalue weighted by molar-refractivity contribution is 5.46. The molecule has 0 atom stereocenters. The molecular weight excluding hydrogens is 210 g/mol. The van der Waals surface area contributed by atoms with Gasteiger partial charge in [0.05, 0.1) is 0 Å². The number of nitrogens with one attached hydrogen (secondary N) is 1. The first-order valence-corrected chi connectivity index (χ1v) is 6.56. The summed E-state index contributed by atoms with van der Waals surface area (Å²) in [6.07, 6.45) is 4.30. The summed E-state index contributed by atoms with van der Waals surface area (Å²) in [6.45, 7) is 9.54. The van der Waals surface area contributed by atoms with Crippen LogP contribution in [0, 0.1) is 6.92 Å². The van der Waals surface area contributed by atoms with E-state index in [0.29, 0.717) is 0 Å². The van der Waals surface area contributed by atoms with Crippen molar-refractivity contribution in [2.24, 2.45) is 0 Å². The number of hydrogen-bond donors (Lipinski definition) is 1. The van der Waals surface area contributed by atoms with Crippen LogP contribution in [0.2, 0.25) is 0 Å². The van der Waals surface area contributed by atoms with Crippen molar-refractivity contribution in [2.75, 3.05) is 25.0 Å². The van der Waals surface area contributed by atoms with Gasteiger partial charge in [0.1, 0.15) is 5.82 Å². The number of anilines is 1. The quantitative estimate of drug-likeness (QED) is 0.737. The van der Waals surface area contributed by atoms with Gasteiger partial charge in [-0.1, -0.05) is 13.8 Å². The molecule has 1 aromatic heterocycles. The minimum absolute atomic E-state index is 0.916. The second-order valence-electron chi connectivity index (χ2n) is 4.58. The van der Waals surface area contributed by atoms with Crippen LogP contribution in [0.3, 0.4) is 0 Å². The highest BCUT2D eigenvalue weighted by atomic mass is 15.2. The monoisotopic (exact) mass is 235 g/mol. The van der Waals surface area contributed by atoms with Gasteiger partial charge in [0.2, 0.25) is 0 Å². The molecule has 17 heavy (non-hydrogen) atoms. The predicted octanol–water partition coefficient (Wildman–Crippen LogP) is 2.74. The van der Waals surface area contributed by atoms with Gasteiger partial charge in [0.15, 0.2) is 0 Å².